The highest BCUT2D eigenvalue weighted by Gasteiger charge is 2.22. The van der Waals surface area contributed by atoms with Crippen LogP contribution in [0.25, 0.3) is 0 Å². The molecule has 0 bridgehead atoms. The number of benzene rings is 1. The largest absolute Gasteiger partial charge is 0.398 e. The first-order valence-corrected chi connectivity index (χ1v) is 6.36. The molecular formula is C15H24N2O. The van der Waals surface area contributed by atoms with E-state index in [2.05, 4.69) is 33.0 Å². The zero-order valence-electron chi connectivity index (χ0n) is 12.0. The van der Waals surface area contributed by atoms with E-state index in [-0.39, 0.29) is 11.3 Å². The lowest BCUT2D eigenvalue weighted by molar-refractivity contribution is -0.117. The first kappa shape index (κ1) is 14.6. The second-order valence-corrected chi connectivity index (χ2v) is 6.04. The van der Waals surface area contributed by atoms with Crippen LogP contribution in [0.3, 0.4) is 0 Å². The van der Waals surface area contributed by atoms with E-state index in [0.29, 0.717) is 18.0 Å². The average Bonchev–Trinajstić information content (AvgIpc) is 2.23. The van der Waals surface area contributed by atoms with Crippen LogP contribution in [-0.2, 0) is 4.79 Å². The molecule has 0 aromatic heterocycles. The molecule has 3 nitrogen and oxygen atoms in total. The molecule has 0 radical (unpaired) electrons. The average molecular weight is 248 g/mol. The van der Waals surface area contributed by atoms with Crippen molar-refractivity contribution in [1.29, 1.82) is 0 Å². The molecule has 3 heteroatoms. The fourth-order valence-corrected chi connectivity index (χ4v) is 1.57. The molecule has 0 aliphatic heterocycles. The predicted molar refractivity (Wildman–Crippen MR) is 77.5 cm³/mol. The molecule has 0 fully saturated rings. The fourth-order valence-electron chi connectivity index (χ4n) is 1.57. The number of anilines is 2. The van der Waals surface area contributed by atoms with Gasteiger partial charge in [0.1, 0.15) is 0 Å². The van der Waals surface area contributed by atoms with Crippen LogP contribution in [0.4, 0.5) is 11.4 Å². The first-order valence-electron chi connectivity index (χ1n) is 6.36. The summed E-state index contributed by atoms with van der Waals surface area (Å²) in [6.07, 6.45) is 0.526. The molecule has 1 rings (SSSR count). The number of carbonyl (C=O) groups excluding carboxylic acids is 1. The zero-order chi connectivity index (χ0) is 13.9. The summed E-state index contributed by atoms with van der Waals surface area (Å²) in [5.74, 6) is 0.380. The van der Waals surface area contributed by atoms with E-state index in [4.69, 9.17) is 5.73 Å². The van der Waals surface area contributed by atoms with Gasteiger partial charge in [-0.2, -0.15) is 0 Å². The van der Waals surface area contributed by atoms with Gasteiger partial charge in [-0.05, 0) is 36.0 Å². The van der Waals surface area contributed by atoms with Crippen LogP contribution in [0.15, 0.2) is 18.2 Å². The summed E-state index contributed by atoms with van der Waals surface area (Å²) in [6, 6.07) is 5.57. The molecule has 1 aromatic carbocycles. The van der Waals surface area contributed by atoms with Crippen LogP contribution < -0.4 is 11.1 Å². The molecule has 0 aliphatic rings. The number of hydrogen-bond donors (Lipinski definition) is 2. The highest BCUT2D eigenvalue weighted by atomic mass is 16.1. The van der Waals surface area contributed by atoms with Crippen LogP contribution in [-0.4, -0.2) is 5.91 Å². The quantitative estimate of drug-likeness (QED) is 0.803. The highest BCUT2D eigenvalue weighted by molar-refractivity contribution is 5.92. The third-order valence-electron chi connectivity index (χ3n) is 3.62. The van der Waals surface area contributed by atoms with Crippen molar-refractivity contribution in [2.45, 2.75) is 41.0 Å². The number of carbonyl (C=O) groups is 1. The van der Waals surface area contributed by atoms with Crippen LogP contribution in [0.1, 0.15) is 39.7 Å². The van der Waals surface area contributed by atoms with E-state index in [1.54, 1.807) is 0 Å². The van der Waals surface area contributed by atoms with Crippen molar-refractivity contribution in [1.82, 2.24) is 0 Å². The second-order valence-electron chi connectivity index (χ2n) is 6.04. The van der Waals surface area contributed by atoms with Crippen molar-refractivity contribution in [3.63, 3.8) is 0 Å². The molecule has 100 valence electrons. The molecule has 18 heavy (non-hydrogen) atoms. The Kier molecular flexibility index (Phi) is 4.38. The maximum atomic E-state index is 12.0. The summed E-state index contributed by atoms with van der Waals surface area (Å²) in [7, 11) is 0. The van der Waals surface area contributed by atoms with Crippen molar-refractivity contribution in [3.8, 4) is 0 Å². The summed E-state index contributed by atoms with van der Waals surface area (Å²) < 4.78 is 0. The standard InChI is InChI=1S/C15H24N2O/c1-10(15(3,4)5)9-14(18)17-13-8-6-7-12(16)11(13)2/h6-8,10H,9,16H2,1-5H3,(H,17,18). The molecule has 3 N–H and O–H groups in total. The minimum absolute atomic E-state index is 0.0473. The number of rotatable bonds is 3. The van der Waals surface area contributed by atoms with Crippen molar-refractivity contribution in [3.05, 3.63) is 23.8 Å². The Balaban J connectivity index is 2.69. The number of nitrogens with two attached hydrogens (primary N) is 1. The topological polar surface area (TPSA) is 55.1 Å². The lowest BCUT2D eigenvalue weighted by Crippen LogP contribution is -2.24. The first-order chi connectivity index (χ1) is 8.21. The van der Waals surface area contributed by atoms with Gasteiger partial charge < -0.3 is 11.1 Å². The number of nitrogens with one attached hydrogen (secondary N) is 1. The van der Waals surface area contributed by atoms with E-state index < -0.39 is 0 Å². The van der Waals surface area contributed by atoms with Gasteiger partial charge >= 0.3 is 0 Å². The minimum Gasteiger partial charge on any atom is -0.398 e. The minimum atomic E-state index is 0.0473. The molecule has 0 aliphatic carbocycles. The molecular weight excluding hydrogens is 224 g/mol. The van der Waals surface area contributed by atoms with Crippen LogP contribution in [0.5, 0.6) is 0 Å². The second kappa shape index (κ2) is 5.42. The number of nitrogen functional groups attached to an aromatic ring is 1. The SMILES string of the molecule is Cc1c(N)cccc1NC(=O)CC(C)C(C)(C)C. The Bertz CT molecular complexity index is 433. The zero-order valence-corrected chi connectivity index (χ0v) is 12.0. The normalized spacial score (nSPS) is 13.2. The molecule has 0 spiro atoms. The monoisotopic (exact) mass is 248 g/mol. The van der Waals surface area contributed by atoms with E-state index in [1.165, 1.54) is 0 Å². The molecule has 0 saturated heterocycles. The summed E-state index contributed by atoms with van der Waals surface area (Å²) in [5.41, 5.74) is 8.39. The predicted octanol–water partition coefficient (Wildman–Crippen LogP) is 3.59. The van der Waals surface area contributed by atoms with Gasteiger partial charge in [0.2, 0.25) is 5.91 Å². The van der Waals surface area contributed by atoms with Crippen molar-refractivity contribution < 1.29 is 4.79 Å². The maximum absolute atomic E-state index is 12.0. The summed E-state index contributed by atoms with van der Waals surface area (Å²) in [4.78, 5) is 12.0. The van der Waals surface area contributed by atoms with Crippen LogP contribution in [0.2, 0.25) is 0 Å². The molecule has 1 unspecified atom stereocenters. The van der Waals surface area contributed by atoms with Crippen LogP contribution in [0, 0.1) is 18.3 Å². The third-order valence-corrected chi connectivity index (χ3v) is 3.62. The van der Waals surface area contributed by atoms with Crippen molar-refractivity contribution in [2.24, 2.45) is 11.3 Å². The summed E-state index contributed by atoms with van der Waals surface area (Å²) in [6.45, 7) is 10.5. The Morgan fingerprint density at radius 2 is 2.00 bits per heavy atom. The summed E-state index contributed by atoms with van der Waals surface area (Å²) >= 11 is 0. The van der Waals surface area contributed by atoms with Crippen LogP contribution >= 0.6 is 0 Å². The maximum Gasteiger partial charge on any atom is 0.224 e. The molecule has 1 atom stereocenters. The third kappa shape index (κ3) is 3.76. The Morgan fingerprint density at radius 1 is 1.39 bits per heavy atom. The smallest absolute Gasteiger partial charge is 0.224 e. The van der Waals surface area contributed by atoms with E-state index in [1.807, 2.05) is 25.1 Å². The van der Waals surface area contributed by atoms with Gasteiger partial charge in [0.05, 0.1) is 0 Å². The van der Waals surface area contributed by atoms with Gasteiger partial charge in [-0.1, -0.05) is 33.8 Å². The summed E-state index contributed by atoms with van der Waals surface area (Å²) in [5, 5.41) is 2.94. The van der Waals surface area contributed by atoms with Gasteiger partial charge in [0.25, 0.3) is 0 Å². The Hall–Kier alpha value is -1.51. The molecule has 1 aromatic rings. The van der Waals surface area contributed by atoms with E-state index in [9.17, 15) is 4.79 Å². The fraction of sp³-hybridized carbons (Fsp3) is 0.533. The van der Waals surface area contributed by atoms with Gasteiger partial charge in [0, 0.05) is 17.8 Å². The molecule has 1 amide bonds. The number of amides is 1. The lowest BCUT2D eigenvalue weighted by Gasteiger charge is -2.26. The lowest BCUT2D eigenvalue weighted by atomic mass is 9.80. The van der Waals surface area contributed by atoms with Gasteiger partial charge in [0.15, 0.2) is 0 Å². The Labute approximate surface area is 110 Å². The van der Waals surface area contributed by atoms with Crippen molar-refractivity contribution >= 4 is 17.3 Å². The Morgan fingerprint density at radius 3 is 2.56 bits per heavy atom. The van der Waals surface area contributed by atoms with E-state index >= 15 is 0 Å². The van der Waals surface area contributed by atoms with Gasteiger partial charge in [-0.25, -0.2) is 0 Å². The van der Waals surface area contributed by atoms with Crippen molar-refractivity contribution in [2.75, 3.05) is 11.1 Å². The molecule has 0 heterocycles. The van der Waals surface area contributed by atoms with Gasteiger partial charge in [-0.15, -0.1) is 0 Å². The van der Waals surface area contributed by atoms with Gasteiger partial charge in [-0.3, -0.25) is 4.79 Å². The number of hydrogen-bond acceptors (Lipinski definition) is 2. The van der Waals surface area contributed by atoms with E-state index in [0.717, 1.165) is 11.3 Å². The molecule has 0 saturated carbocycles. The highest BCUT2D eigenvalue weighted by Crippen LogP contribution is 2.28.